The fraction of sp³-hybridized carbons (Fsp3) is 0.812. The Bertz CT molecular complexity index is 467. The van der Waals surface area contributed by atoms with Gasteiger partial charge in [-0.1, -0.05) is 141 Å². The van der Waals surface area contributed by atoms with Crippen LogP contribution in [0.1, 0.15) is 168 Å². The second-order valence-electron chi connectivity index (χ2n) is 9.93. The Labute approximate surface area is 219 Å². The van der Waals surface area contributed by atoms with E-state index in [0.29, 0.717) is 6.42 Å². The Morgan fingerprint density at radius 3 is 1.31 bits per heavy atom. The number of hydrogen-bond donors (Lipinski definition) is 1. The van der Waals surface area contributed by atoms with Crippen LogP contribution in [0.4, 0.5) is 0 Å². The molecule has 0 atom stereocenters. The van der Waals surface area contributed by atoms with Gasteiger partial charge >= 0.3 is 5.97 Å². The molecule has 0 radical (unpaired) electrons. The van der Waals surface area contributed by atoms with E-state index in [1.54, 1.807) is 6.08 Å². The molecule has 0 aromatic rings. The molecule has 3 nitrogen and oxygen atoms in total. The van der Waals surface area contributed by atoms with Crippen LogP contribution in [0.25, 0.3) is 0 Å². The Balaban J connectivity index is 0. The number of aliphatic carboxylic acids is 1. The van der Waals surface area contributed by atoms with Crippen LogP contribution >= 0.6 is 0 Å². The SMILES string of the molecule is C/C=C\CCCCCCCCCCCC(=O)O.CCCCCCCCCCCCCC/C=C/C=O. The highest BCUT2D eigenvalue weighted by atomic mass is 16.4. The molecule has 0 spiro atoms. The van der Waals surface area contributed by atoms with Crippen molar-refractivity contribution in [1.82, 2.24) is 0 Å². The molecule has 0 amide bonds. The molecule has 0 aromatic heterocycles. The Kier molecular flexibility index (Phi) is 35.6. The summed E-state index contributed by atoms with van der Waals surface area (Å²) in [5.41, 5.74) is 0. The number of carbonyl (C=O) groups is 2. The lowest BCUT2D eigenvalue weighted by Gasteiger charge is -2.02. The monoisotopic (exact) mass is 492 g/mol. The quantitative estimate of drug-likeness (QED) is 0.0565. The van der Waals surface area contributed by atoms with Crippen LogP contribution in [0, 0.1) is 0 Å². The summed E-state index contributed by atoms with van der Waals surface area (Å²) in [5.74, 6) is -0.661. The van der Waals surface area contributed by atoms with E-state index in [4.69, 9.17) is 5.11 Å². The van der Waals surface area contributed by atoms with Crippen LogP contribution in [0.5, 0.6) is 0 Å². The number of hydrogen-bond acceptors (Lipinski definition) is 2. The van der Waals surface area contributed by atoms with Crippen LogP contribution in [0.15, 0.2) is 24.3 Å². The van der Waals surface area contributed by atoms with Crippen molar-refractivity contribution < 1.29 is 14.7 Å². The van der Waals surface area contributed by atoms with Gasteiger partial charge in [-0.2, -0.15) is 0 Å². The van der Waals surface area contributed by atoms with Crippen LogP contribution in [-0.4, -0.2) is 17.4 Å². The topological polar surface area (TPSA) is 54.4 Å². The predicted octanol–water partition coefficient (Wildman–Crippen LogP) is 10.8. The van der Waals surface area contributed by atoms with Gasteiger partial charge in [-0.05, 0) is 45.1 Å². The van der Waals surface area contributed by atoms with Crippen molar-refractivity contribution in [1.29, 1.82) is 0 Å². The Morgan fingerprint density at radius 2 is 0.943 bits per heavy atom. The average molecular weight is 493 g/mol. The first-order chi connectivity index (χ1) is 17.2. The number of rotatable bonds is 26. The van der Waals surface area contributed by atoms with Crippen LogP contribution in [-0.2, 0) is 9.59 Å². The summed E-state index contributed by atoms with van der Waals surface area (Å²) in [6, 6.07) is 0. The molecule has 35 heavy (non-hydrogen) atoms. The molecule has 0 fully saturated rings. The highest BCUT2D eigenvalue weighted by Crippen LogP contribution is 2.13. The molecule has 0 unspecified atom stereocenters. The van der Waals surface area contributed by atoms with Crippen molar-refractivity contribution in [3.05, 3.63) is 24.3 Å². The summed E-state index contributed by atoms with van der Waals surface area (Å²) in [7, 11) is 0. The van der Waals surface area contributed by atoms with Crippen LogP contribution < -0.4 is 0 Å². The van der Waals surface area contributed by atoms with E-state index in [-0.39, 0.29) is 0 Å². The van der Waals surface area contributed by atoms with Crippen molar-refractivity contribution in [2.45, 2.75) is 168 Å². The van der Waals surface area contributed by atoms with Gasteiger partial charge in [0.2, 0.25) is 0 Å². The molecule has 0 aliphatic carbocycles. The molecular weight excluding hydrogens is 432 g/mol. The maximum atomic E-state index is 10.3. The van der Waals surface area contributed by atoms with Crippen molar-refractivity contribution in [3.8, 4) is 0 Å². The summed E-state index contributed by atoms with van der Waals surface area (Å²) in [6.07, 6.45) is 39.2. The maximum absolute atomic E-state index is 10.3. The number of carboxylic acid groups (broad SMARTS) is 1. The molecule has 0 aliphatic heterocycles. The van der Waals surface area contributed by atoms with Gasteiger partial charge in [-0.15, -0.1) is 0 Å². The van der Waals surface area contributed by atoms with E-state index in [9.17, 15) is 9.59 Å². The highest BCUT2D eigenvalue weighted by molar-refractivity contribution is 5.66. The zero-order valence-electron chi connectivity index (χ0n) is 23.6. The zero-order valence-corrected chi connectivity index (χ0v) is 23.6. The zero-order chi connectivity index (χ0) is 26.1. The second kappa shape index (κ2) is 34.8. The minimum atomic E-state index is -0.661. The van der Waals surface area contributed by atoms with Crippen molar-refractivity contribution in [2.75, 3.05) is 0 Å². The number of allylic oxidation sites excluding steroid dienone is 4. The molecule has 1 N–H and O–H groups in total. The molecule has 206 valence electrons. The molecule has 0 saturated carbocycles. The maximum Gasteiger partial charge on any atom is 0.303 e. The van der Waals surface area contributed by atoms with Gasteiger partial charge in [0.1, 0.15) is 6.29 Å². The third-order valence-corrected chi connectivity index (χ3v) is 6.44. The number of aldehydes is 1. The molecule has 3 heteroatoms. The van der Waals surface area contributed by atoms with Crippen molar-refractivity contribution >= 4 is 12.3 Å². The standard InChI is InChI=1S/C17H32O.C15H28O2/c1-2-3-4-5-6-7-8-9-10-11-12-13-14-15-16-17-18;1-2-3-4-5-6-7-8-9-10-11-12-13-14-15(16)17/h15-17H,2-14H2,1H3;2-3H,4-14H2,1H3,(H,16,17)/b16-15+;3-2-. The smallest absolute Gasteiger partial charge is 0.303 e. The second-order valence-corrected chi connectivity index (χ2v) is 9.93. The average Bonchev–Trinajstić information content (AvgIpc) is 2.85. The number of carbonyl (C=O) groups excluding carboxylic acids is 1. The van der Waals surface area contributed by atoms with E-state index in [0.717, 1.165) is 25.5 Å². The number of unbranched alkanes of at least 4 members (excludes halogenated alkanes) is 21. The minimum Gasteiger partial charge on any atom is -0.481 e. The van der Waals surface area contributed by atoms with E-state index >= 15 is 0 Å². The Hall–Kier alpha value is -1.38. The first-order valence-corrected chi connectivity index (χ1v) is 15.1. The largest absolute Gasteiger partial charge is 0.481 e. The van der Waals surface area contributed by atoms with Gasteiger partial charge in [0.25, 0.3) is 0 Å². The van der Waals surface area contributed by atoms with Crippen molar-refractivity contribution in [2.24, 2.45) is 0 Å². The lowest BCUT2D eigenvalue weighted by atomic mass is 10.0. The molecule has 0 bridgehead atoms. The molecule has 0 rings (SSSR count). The summed E-state index contributed by atoms with van der Waals surface area (Å²) >= 11 is 0. The Morgan fingerprint density at radius 1 is 0.571 bits per heavy atom. The fourth-order valence-corrected chi connectivity index (χ4v) is 4.20. The van der Waals surface area contributed by atoms with Gasteiger partial charge in [0, 0.05) is 6.42 Å². The van der Waals surface area contributed by atoms with Gasteiger partial charge in [0.15, 0.2) is 0 Å². The van der Waals surface area contributed by atoms with E-state index in [1.807, 2.05) is 6.08 Å². The van der Waals surface area contributed by atoms with E-state index in [1.165, 1.54) is 128 Å². The molecule has 0 aromatic carbocycles. The highest BCUT2D eigenvalue weighted by Gasteiger charge is 1.96. The number of carboxylic acids is 1. The molecule has 0 heterocycles. The van der Waals surface area contributed by atoms with Gasteiger partial charge in [-0.3, -0.25) is 9.59 Å². The third-order valence-electron chi connectivity index (χ3n) is 6.44. The van der Waals surface area contributed by atoms with Gasteiger partial charge in [0.05, 0.1) is 0 Å². The van der Waals surface area contributed by atoms with E-state index in [2.05, 4.69) is 26.0 Å². The predicted molar refractivity (Wildman–Crippen MR) is 154 cm³/mol. The summed E-state index contributed by atoms with van der Waals surface area (Å²) in [4.78, 5) is 20.3. The summed E-state index contributed by atoms with van der Waals surface area (Å²) < 4.78 is 0. The van der Waals surface area contributed by atoms with Gasteiger partial charge in [-0.25, -0.2) is 0 Å². The van der Waals surface area contributed by atoms with Crippen LogP contribution in [0.2, 0.25) is 0 Å². The van der Waals surface area contributed by atoms with Gasteiger partial charge < -0.3 is 5.11 Å². The normalized spacial score (nSPS) is 11.1. The first kappa shape index (κ1) is 35.8. The lowest BCUT2D eigenvalue weighted by molar-refractivity contribution is -0.137. The fourth-order valence-electron chi connectivity index (χ4n) is 4.20. The van der Waals surface area contributed by atoms with Crippen LogP contribution in [0.3, 0.4) is 0 Å². The molecule has 0 saturated heterocycles. The van der Waals surface area contributed by atoms with E-state index < -0.39 is 5.97 Å². The summed E-state index contributed by atoms with van der Waals surface area (Å²) in [5, 5.41) is 8.47. The third kappa shape index (κ3) is 40.1. The molecule has 0 aliphatic rings. The first-order valence-electron chi connectivity index (χ1n) is 15.1. The summed E-state index contributed by atoms with van der Waals surface area (Å²) in [6.45, 7) is 4.35. The lowest BCUT2D eigenvalue weighted by Crippen LogP contribution is -1.93. The minimum absolute atomic E-state index is 0.338. The molecular formula is C32H60O3. The van der Waals surface area contributed by atoms with Crippen molar-refractivity contribution in [3.63, 3.8) is 0 Å².